The molecule has 0 bridgehead atoms. The fourth-order valence-electron chi connectivity index (χ4n) is 1.35. The van der Waals surface area contributed by atoms with Crippen molar-refractivity contribution in [3.8, 4) is 0 Å². The molecule has 5 heteroatoms. The van der Waals surface area contributed by atoms with E-state index in [1.54, 1.807) is 6.20 Å². The number of hydrogen-bond donors (Lipinski definition) is 2. The number of thioether (sulfide) groups is 1. The van der Waals surface area contributed by atoms with Crippen LogP contribution in [0.25, 0.3) is 0 Å². The van der Waals surface area contributed by atoms with Crippen LogP contribution in [-0.2, 0) is 0 Å². The SMILES string of the molecule is CSCCC(C)Nc1cccnc1C(N)=S. The van der Waals surface area contributed by atoms with Gasteiger partial charge in [0, 0.05) is 12.2 Å². The van der Waals surface area contributed by atoms with Crippen LogP contribution in [-0.4, -0.2) is 28.0 Å². The second kappa shape index (κ2) is 6.70. The van der Waals surface area contributed by atoms with E-state index in [0.29, 0.717) is 16.7 Å². The minimum absolute atomic E-state index is 0.333. The van der Waals surface area contributed by atoms with Crippen LogP contribution in [0.3, 0.4) is 0 Å². The van der Waals surface area contributed by atoms with Gasteiger partial charge in [0.25, 0.3) is 0 Å². The summed E-state index contributed by atoms with van der Waals surface area (Å²) in [6, 6.07) is 4.23. The Morgan fingerprint density at radius 1 is 1.69 bits per heavy atom. The molecule has 1 rings (SSSR count). The highest BCUT2D eigenvalue weighted by atomic mass is 32.2. The van der Waals surface area contributed by atoms with Crippen molar-refractivity contribution in [3.05, 3.63) is 24.0 Å². The van der Waals surface area contributed by atoms with E-state index in [1.807, 2.05) is 23.9 Å². The molecule has 1 atom stereocenters. The van der Waals surface area contributed by atoms with Crippen molar-refractivity contribution in [2.75, 3.05) is 17.3 Å². The molecule has 0 saturated heterocycles. The van der Waals surface area contributed by atoms with Crippen LogP contribution >= 0.6 is 24.0 Å². The van der Waals surface area contributed by atoms with Gasteiger partial charge in [-0.15, -0.1) is 0 Å². The number of rotatable bonds is 6. The van der Waals surface area contributed by atoms with Gasteiger partial charge in [-0.05, 0) is 37.5 Å². The Morgan fingerprint density at radius 2 is 2.44 bits per heavy atom. The number of anilines is 1. The smallest absolute Gasteiger partial charge is 0.124 e. The molecule has 1 unspecified atom stereocenters. The lowest BCUT2D eigenvalue weighted by molar-refractivity contribution is 0.771. The number of thiocarbonyl (C=S) groups is 1. The Hall–Kier alpha value is -0.810. The second-order valence-electron chi connectivity index (χ2n) is 3.59. The standard InChI is InChI=1S/C11H17N3S2/c1-8(5-7-16-2)14-9-4-3-6-13-10(9)11(12)15/h3-4,6,8,14H,5,7H2,1-2H3,(H2,12,15). The first-order chi connectivity index (χ1) is 7.65. The first kappa shape index (κ1) is 13.3. The van der Waals surface area contributed by atoms with Crippen molar-refractivity contribution in [2.45, 2.75) is 19.4 Å². The number of pyridine rings is 1. The van der Waals surface area contributed by atoms with Crippen molar-refractivity contribution >= 4 is 34.7 Å². The summed E-state index contributed by atoms with van der Waals surface area (Å²) >= 11 is 6.81. The van der Waals surface area contributed by atoms with Gasteiger partial charge >= 0.3 is 0 Å². The van der Waals surface area contributed by atoms with Crippen LogP contribution in [0, 0.1) is 0 Å². The molecule has 0 radical (unpaired) electrons. The lowest BCUT2D eigenvalue weighted by atomic mass is 10.2. The third-order valence-corrected chi connectivity index (χ3v) is 3.04. The van der Waals surface area contributed by atoms with E-state index < -0.39 is 0 Å². The zero-order chi connectivity index (χ0) is 12.0. The third kappa shape index (κ3) is 3.98. The second-order valence-corrected chi connectivity index (χ2v) is 5.02. The van der Waals surface area contributed by atoms with E-state index in [4.69, 9.17) is 18.0 Å². The highest BCUT2D eigenvalue weighted by Gasteiger charge is 2.08. The Kier molecular flexibility index (Phi) is 5.55. The number of hydrogen-bond acceptors (Lipinski definition) is 4. The van der Waals surface area contributed by atoms with Gasteiger partial charge in [-0.3, -0.25) is 4.98 Å². The topological polar surface area (TPSA) is 50.9 Å². The van der Waals surface area contributed by atoms with Gasteiger partial charge in [0.1, 0.15) is 10.7 Å². The van der Waals surface area contributed by atoms with Gasteiger partial charge in [0.05, 0.1) is 5.69 Å². The predicted octanol–water partition coefficient (Wildman–Crippen LogP) is 2.27. The summed E-state index contributed by atoms with van der Waals surface area (Å²) in [7, 11) is 0. The summed E-state index contributed by atoms with van der Waals surface area (Å²) in [6.07, 6.45) is 4.91. The zero-order valence-electron chi connectivity index (χ0n) is 9.56. The lowest BCUT2D eigenvalue weighted by Crippen LogP contribution is -2.20. The van der Waals surface area contributed by atoms with Gasteiger partial charge in [-0.2, -0.15) is 11.8 Å². The lowest BCUT2D eigenvalue weighted by Gasteiger charge is -2.16. The largest absolute Gasteiger partial charge is 0.388 e. The van der Waals surface area contributed by atoms with Crippen LogP contribution < -0.4 is 11.1 Å². The van der Waals surface area contributed by atoms with Gasteiger partial charge in [0.2, 0.25) is 0 Å². The van der Waals surface area contributed by atoms with Crippen molar-refractivity contribution in [3.63, 3.8) is 0 Å². The Balaban J connectivity index is 2.69. The summed E-state index contributed by atoms with van der Waals surface area (Å²) < 4.78 is 0. The Labute approximate surface area is 106 Å². The van der Waals surface area contributed by atoms with E-state index in [9.17, 15) is 0 Å². The average Bonchev–Trinajstić information content (AvgIpc) is 2.27. The molecule has 0 aliphatic heterocycles. The molecule has 0 aliphatic rings. The summed E-state index contributed by atoms with van der Waals surface area (Å²) in [6.45, 7) is 2.15. The quantitative estimate of drug-likeness (QED) is 0.764. The summed E-state index contributed by atoms with van der Waals surface area (Å²) in [4.78, 5) is 4.51. The average molecular weight is 255 g/mol. The summed E-state index contributed by atoms with van der Waals surface area (Å²) in [5, 5.41) is 3.38. The fraction of sp³-hybridized carbons (Fsp3) is 0.455. The molecule has 0 aromatic carbocycles. The van der Waals surface area contributed by atoms with Gasteiger partial charge in [-0.1, -0.05) is 12.2 Å². The van der Waals surface area contributed by atoms with E-state index in [-0.39, 0.29) is 0 Å². The molecule has 16 heavy (non-hydrogen) atoms. The van der Waals surface area contributed by atoms with E-state index in [2.05, 4.69) is 23.5 Å². The molecule has 1 aromatic heterocycles. The molecule has 0 saturated carbocycles. The molecule has 1 aromatic rings. The van der Waals surface area contributed by atoms with Gasteiger partial charge in [-0.25, -0.2) is 0 Å². The molecule has 0 spiro atoms. The van der Waals surface area contributed by atoms with Crippen molar-refractivity contribution < 1.29 is 0 Å². The summed E-state index contributed by atoms with van der Waals surface area (Å²) in [5.74, 6) is 1.14. The molecular formula is C11H17N3S2. The van der Waals surface area contributed by atoms with Crippen molar-refractivity contribution in [1.82, 2.24) is 4.98 Å². The van der Waals surface area contributed by atoms with Crippen LogP contribution in [0.1, 0.15) is 19.0 Å². The number of nitrogens with zero attached hydrogens (tertiary/aromatic N) is 1. The first-order valence-electron chi connectivity index (χ1n) is 5.15. The van der Waals surface area contributed by atoms with Gasteiger partial charge in [0.15, 0.2) is 0 Å². The zero-order valence-corrected chi connectivity index (χ0v) is 11.2. The minimum atomic E-state index is 0.333. The highest BCUT2D eigenvalue weighted by Crippen LogP contribution is 2.14. The van der Waals surface area contributed by atoms with E-state index in [1.165, 1.54) is 0 Å². The number of aromatic nitrogens is 1. The van der Waals surface area contributed by atoms with E-state index in [0.717, 1.165) is 17.9 Å². The normalized spacial score (nSPS) is 12.1. The first-order valence-corrected chi connectivity index (χ1v) is 6.95. The molecular weight excluding hydrogens is 238 g/mol. The van der Waals surface area contributed by atoms with Crippen LogP contribution in [0.2, 0.25) is 0 Å². The Bertz CT molecular complexity index is 355. The van der Waals surface area contributed by atoms with Crippen LogP contribution in [0.15, 0.2) is 18.3 Å². The van der Waals surface area contributed by atoms with Crippen LogP contribution in [0.4, 0.5) is 5.69 Å². The number of nitrogens with one attached hydrogen (secondary N) is 1. The maximum atomic E-state index is 5.62. The van der Waals surface area contributed by atoms with Crippen molar-refractivity contribution in [1.29, 1.82) is 0 Å². The third-order valence-electron chi connectivity index (χ3n) is 2.20. The molecule has 0 amide bonds. The highest BCUT2D eigenvalue weighted by molar-refractivity contribution is 7.98. The fourth-order valence-corrected chi connectivity index (χ4v) is 2.10. The van der Waals surface area contributed by atoms with E-state index >= 15 is 0 Å². The van der Waals surface area contributed by atoms with Crippen molar-refractivity contribution in [2.24, 2.45) is 5.73 Å². The molecule has 3 N–H and O–H groups in total. The molecule has 0 aliphatic carbocycles. The summed E-state index contributed by atoms with van der Waals surface area (Å²) in [5.41, 5.74) is 7.21. The molecule has 0 fully saturated rings. The molecule has 88 valence electrons. The predicted molar refractivity (Wildman–Crippen MR) is 76.2 cm³/mol. The van der Waals surface area contributed by atoms with Gasteiger partial charge < -0.3 is 11.1 Å². The molecule has 1 heterocycles. The molecule has 3 nitrogen and oxygen atoms in total. The Morgan fingerprint density at radius 3 is 3.06 bits per heavy atom. The monoisotopic (exact) mass is 255 g/mol. The maximum Gasteiger partial charge on any atom is 0.124 e. The minimum Gasteiger partial charge on any atom is -0.388 e. The van der Waals surface area contributed by atoms with Crippen LogP contribution in [0.5, 0.6) is 0 Å². The maximum absolute atomic E-state index is 5.62. The number of nitrogens with two attached hydrogens (primary N) is 1.